The van der Waals surface area contributed by atoms with Gasteiger partial charge in [0.2, 0.25) is 0 Å². The normalized spacial score (nSPS) is 10.2. The minimum Gasteiger partial charge on any atom is -0.478 e. The molecule has 7 heteroatoms. The smallest absolute Gasteiger partial charge is 0.335 e. The Bertz CT molecular complexity index is 734. The van der Waals surface area contributed by atoms with Crippen LogP contribution in [0.2, 0.25) is 0 Å². The maximum absolute atomic E-state index is 13.0. The summed E-state index contributed by atoms with van der Waals surface area (Å²) < 4.78 is 13.8. The summed E-state index contributed by atoms with van der Waals surface area (Å²) in [5, 5.41) is 11.5. The summed E-state index contributed by atoms with van der Waals surface area (Å²) in [5.41, 5.74) is 0.606. The van der Waals surface area contributed by atoms with E-state index in [0.29, 0.717) is 14.6 Å². The number of carbonyl (C=O) groups excluding carboxylic acids is 1. The third-order valence-corrected chi connectivity index (χ3v) is 3.69. The van der Waals surface area contributed by atoms with Crippen molar-refractivity contribution in [3.05, 3.63) is 62.3 Å². The maximum Gasteiger partial charge on any atom is 0.335 e. The largest absolute Gasteiger partial charge is 0.478 e. The van der Waals surface area contributed by atoms with Gasteiger partial charge in [-0.3, -0.25) is 4.79 Å². The van der Waals surface area contributed by atoms with Crippen molar-refractivity contribution in [1.82, 2.24) is 0 Å². The number of rotatable bonds is 3. The number of hydrogen-bond acceptors (Lipinski definition) is 2. The third-order valence-electron chi connectivity index (χ3n) is 2.58. The zero-order valence-electron chi connectivity index (χ0n) is 10.4. The molecule has 0 aliphatic rings. The van der Waals surface area contributed by atoms with Gasteiger partial charge in [-0.25, -0.2) is 9.18 Å². The highest BCUT2D eigenvalue weighted by molar-refractivity contribution is 9.10. The first-order valence-electron chi connectivity index (χ1n) is 5.67. The standard InChI is InChI=1S/C14H8Br2FNO3/c15-8-3-7(14(20)21)4-10(5-8)18-13(19)11-2-1-9(17)6-12(11)16/h1-6H,(H,18,19)(H,20,21). The third kappa shape index (κ3) is 3.89. The fraction of sp³-hybridized carbons (Fsp3) is 0. The van der Waals surface area contributed by atoms with Gasteiger partial charge in [-0.15, -0.1) is 0 Å². The van der Waals surface area contributed by atoms with Gasteiger partial charge in [0.1, 0.15) is 5.82 Å². The molecule has 0 unspecified atom stereocenters. The minimum absolute atomic E-state index is 0.0397. The molecular formula is C14H8Br2FNO3. The number of carboxylic acid groups (broad SMARTS) is 1. The van der Waals surface area contributed by atoms with Gasteiger partial charge < -0.3 is 10.4 Å². The van der Waals surface area contributed by atoms with Crippen LogP contribution in [0.3, 0.4) is 0 Å². The van der Waals surface area contributed by atoms with Gasteiger partial charge in [-0.1, -0.05) is 15.9 Å². The van der Waals surface area contributed by atoms with Crippen LogP contribution in [0.1, 0.15) is 20.7 Å². The molecule has 2 rings (SSSR count). The molecule has 0 spiro atoms. The zero-order valence-corrected chi connectivity index (χ0v) is 13.5. The molecule has 0 saturated heterocycles. The summed E-state index contributed by atoms with van der Waals surface area (Å²) in [7, 11) is 0. The molecule has 21 heavy (non-hydrogen) atoms. The lowest BCUT2D eigenvalue weighted by atomic mass is 10.1. The second kappa shape index (κ2) is 6.36. The number of carboxylic acids is 1. The van der Waals surface area contributed by atoms with E-state index in [0.717, 1.165) is 0 Å². The molecule has 2 aromatic rings. The molecule has 2 aromatic carbocycles. The van der Waals surface area contributed by atoms with Crippen molar-refractivity contribution in [3.8, 4) is 0 Å². The van der Waals surface area contributed by atoms with Gasteiger partial charge >= 0.3 is 5.97 Å². The monoisotopic (exact) mass is 415 g/mol. The molecule has 0 aliphatic carbocycles. The summed E-state index contributed by atoms with van der Waals surface area (Å²) in [6, 6.07) is 8.02. The topological polar surface area (TPSA) is 66.4 Å². The van der Waals surface area contributed by atoms with Crippen LogP contribution in [-0.2, 0) is 0 Å². The Morgan fingerprint density at radius 2 is 1.81 bits per heavy atom. The average molecular weight is 417 g/mol. The summed E-state index contributed by atoms with van der Waals surface area (Å²) in [6.07, 6.45) is 0. The Kier molecular flexibility index (Phi) is 4.74. The lowest BCUT2D eigenvalue weighted by molar-refractivity contribution is 0.0696. The Hall–Kier alpha value is -1.73. The van der Waals surface area contributed by atoms with Crippen LogP contribution >= 0.6 is 31.9 Å². The first-order valence-corrected chi connectivity index (χ1v) is 7.25. The molecule has 0 atom stereocenters. The van der Waals surface area contributed by atoms with Crippen molar-refractivity contribution in [2.75, 3.05) is 5.32 Å². The molecule has 108 valence electrons. The Balaban J connectivity index is 2.29. The van der Waals surface area contributed by atoms with Gasteiger partial charge in [0.15, 0.2) is 0 Å². The number of aromatic carboxylic acids is 1. The summed E-state index contributed by atoms with van der Waals surface area (Å²) in [5.74, 6) is -2.04. The molecule has 0 saturated carbocycles. The van der Waals surface area contributed by atoms with E-state index < -0.39 is 17.7 Å². The van der Waals surface area contributed by atoms with Crippen LogP contribution in [0.5, 0.6) is 0 Å². The summed E-state index contributed by atoms with van der Waals surface area (Å²) >= 11 is 6.29. The maximum atomic E-state index is 13.0. The van der Waals surface area contributed by atoms with Crippen molar-refractivity contribution < 1.29 is 19.1 Å². The van der Waals surface area contributed by atoms with E-state index in [-0.39, 0.29) is 11.1 Å². The van der Waals surface area contributed by atoms with Gasteiger partial charge in [-0.2, -0.15) is 0 Å². The first-order chi connectivity index (χ1) is 9.86. The fourth-order valence-corrected chi connectivity index (χ4v) is 2.68. The highest BCUT2D eigenvalue weighted by Crippen LogP contribution is 2.23. The van der Waals surface area contributed by atoms with E-state index in [1.165, 1.54) is 30.3 Å². The number of halogens is 3. The van der Waals surface area contributed by atoms with Crippen LogP contribution in [0.15, 0.2) is 45.3 Å². The van der Waals surface area contributed by atoms with Crippen molar-refractivity contribution >= 4 is 49.4 Å². The van der Waals surface area contributed by atoms with Gasteiger partial charge in [-0.05, 0) is 52.3 Å². The molecule has 0 heterocycles. The number of hydrogen-bond donors (Lipinski definition) is 2. The quantitative estimate of drug-likeness (QED) is 0.783. The number of carbonyl (C=O) groups is 2. The van der Waals surface area contributed by atoms with E-state index in [1.807, 2.05) is 0 Å². The average Bonchev–Trinajstić information content (AvgIpc) is 2.37. The molecule has 0 bridgehead atoms. The SMILES string of the molecule is O=C(O)c1cc(Br)cc(NC(=O)c2ccc(F)cc2Br)c1. The summed E-state index contributed by atoms with van der Waals surface area (Å²) in [4.78, 5) is 23.1. The number of amides is 1. The minimum atomic E-state index is -1.10. The molecule has 0 radical (unpaired) electrons. The second-order valence-electron chi connectivity index (χ2n) is 4.11. The highest BCUT2D eigenvalue weighted by Gasteiger charge is 2.13. The molecule has 0 aromatic heterocycles. The number of benzene rings is 2. The van der Waals surface area contributed by atoms with Crippen molar-refractivity contribution in [2.24, 2.45) is 0 Å². The first kappa shape index (κ1) is 15.7. The van der Waals surface area contributed by atoms with Crippen LogP contribution in [0, 0.1) is 5.82 Å². The van der Waals surface area contributed by atoms with Crippen LogP contribution in [0.25, 0.3) is 0 Å². The van der Waals surface area contributed by atoms with Crippen molar-refractivity contribution in [2.45, 2.75) is 0 Å². The van der Waals surface area contributed by atoms with Crippen molar-refractivity contribution in [1.29, 1.82) is 0 Å². The van der Waals surface area contributed by atoms with Crippen LogP contribution in [-0.4, -0.2) is 17.0 Å². The molecule has 1 amide bonds. The molecule has 0 aliphatic heterocycles. The predicted molar refractivity (Wildman–Crippen MR) is 83.2 cm³/mol. The van der Waals surface area contributed by atoms with Gasteiger partial charge in [0.05, 0.1) is 11.1 Å². The molecule has 2 N–H and O–H groups in total. The van der Waals surface area contributed by atoms with E-state index in [4.69, 9.17) is 5.11 Å². The number of nitrogens with one attached hydrogen (secondary N) is 1. The highest BCUT2D eigenvalue weighted by atomic mass is 79.9. The van der Waals surface area contributed by atoms with Gasteiger partial charge in [0, 0.05) is 14.6 Å². The second-order valence-corrected chi connectivity index (χ2v) is 5.88. The van der Waals surface area contributed by atoms with E-state index in [9.17, 15) is 14.0 Å². The van der Waals surface area contributed by atoms with E-state index in [1.54, 1.807) is 6.07 Å². The number of anilines is 1. The zero-order chi connectivity index (χ0) is 15.6. The van der Waals surface area contributed by atoms with Crippen LogP contribution in [0.4, 0.5) is 10.1 Å². The van der Waals surface area contributed by atoms with E-state index in [2.05, 4.69) is 37.2 Å². The van der Waals surface area contributed by atoms with Crippen molar-refractivity contribution in [3.63, 3.8) is 0 Å². The van der Waals surface area contributed by atoms with Crippen LogP contribution < -0.4 is 5.32 Å². The lowest BCUT2D eigenvalue weighted by Crippen LogP contribution is -2.13. The molecule has 4 nitrogen and oxygen atoms in total. The molecular weight excluding hydrogens is 409 g/mol. The Morgan fingerprint density at radius 1 is 1.10 bits per heavy atom. The van der Waals surface area contributed by atoms with E-state index >= 15 is 0 Å². The predicted octanol–water partition coefficient (Wildman–Crippen LogP) is 4.30. The lowest BCUT2D eigenvalue weighted by Gasteiger charge is -2.08. The Labute approximate surface area is 136 Å². The summed E-state index contributed by atoms with van der Waals surface area (Å²) in [6.45, 7) is 0. The molecule has 0 fully saturated rings. The Morgan fingerprint density at radius 3 is 2.43 bits per heavy atom. The fourth-order valence-electron chi connectivity index (χ4n) is 1.66. The van der Waals surface area contributed by atoms with Gasteiger partial charge in [0.25, 0.3) is 5.91 Å².